The summed E-state index contributed by atoms with van der Waals surface area (Å²) in [4.78, 5) is 27.3. The van der Waals surface area contributed by atoms with Crippen molar-refractivity contribution in [1.82, 2.24) is 4.98 Å². The van der Waals surface area contributed by atoms with Crippen LogP contribution >= 0.6 is 11.3 Å². The number of aliphatic carboxylic acids is 1. The van der Waals surface area contributed by atoms with Crippen molar-refractivity contribution in [2.75, 3.05) is 18.0 Å². The first-order valence-corrected chi connectivity index (χ1v) is 6.44. The van der Waals surface area contributed by atoms with Gasteiger partial charge in [-0.15, -0.1) is 11.3 Å². The van der Waals surface area contributed by atoms with Crippen molar-refractivity contribution in [3.8, 4) is 0 Å². The summed E-state index contributed by atoms with van der Waals surface area (Å²) < 4.78 is 0.755. The van der Waals surface area contributed by atoms with Gasteiger partial charge in [0.1, 0.15) is 5.69 Å². The highest BCUT2D eigenvalue weighted by Gasteiger charge is 2.36. The van der Waals surface area contributed by atoms with Crippen LogP contribution in [0, 0.1) is 16.0 Å². The Kier molecular flexibility index (Phi) is 2.59. The van der Waals surface area contributed by atoms with E-state index in [1.54, 1.807) is 22.5 Å². The fraction of sp³-hybridized carbons (Fsp3) is 0.273. The van der Waals surface area contributed by atoms with Gasteiger partial charge in [-0.2, -0.15) is 0 Å². The van der Waals surface area contributed by atoms with Crippen LogP contribution in [0.15, 0.2) is 17.6 Å². The molecule has 1 aromatic heterocycles. The Bertz CT molecular complexity index is 678. The van der Waals surface area contributed by atoms with Crippen LogP contribution < -0.4 is 4.90 Å². The summed E-state index contributed by atoms with van der Waals surface area (Å²) in [7, 11) is 0. The normalized spacial score (nSPS) is 15.5. The molecule has 0 bridgehead atoms. The summed E-state index contributed by atoms with van der Waals surface area (Å²) in [6.07, 6.45) is 0. The number of hydrogen-bond acceptors (Lipinski definition) is 6. The summed E-state index contributed by atoms with van der Waals surface area (Å²) >= 11 is 1.34. The van der Waals surface area contributed by atoms with E-state index in [0.717, 1.165) is 4.70 Å². The lowest BCUT2D eigenvalue weighted by Gasteiger charge is -2.38. The standard InChI is InChI=1S/C11H9N3O4S/c15-11(16)6-3-13(4-6)7-1-2-8-9(12-5-19-8)10(7)14(17)18/h1-2,5-6H,3-4H2,(H,15,16). The molecule has 0 atom stereocenters. The number of nitro benzene ring substituents is 1. The maximum absolute atomic E-state index is 11.2. The lowest BCUT2D eigenvalue weighted by molar-refractivity contribution is -0.382. The monoisotopic (exact) mass is 279 g/mol. The van der Waals surface area contributed by atoms with Crippen molar-refractivity contribution < 1.29 is 14.8 Å². The lowest BCUT2D eigenvalue weighted by Crippen LogP contribution is -2.50. The number of hydrogen-bond donors (Lipinski definition) is 1. The molecule has 98 valence electrons. The van der Waals surface area contributed by atoms with Gasteiger partial charge in [-0.1, -0.05) is 0 Å². The van der Waals surface area contributed by atoms with Crippen molar-refractivity contribution in [2.24, 2.45) is 5.92 Å². The Morgan fingerprint density at radius 1 is 1.53 bits per heavy atom. The molecule has 7 nitrogen and oxygen atoms in total. The second kappa shape index (κ2) is 4.16. The smallest absolute Gasteiger partial charge is 0.319 e. The molecule has 1 N–H and O–H groups in total. The van der Waals surface area contributed by atoms with Gasteiger partial charge in [0.25, 0.3) is 0 Å². The number of nitro groups is 1. The molecule has 3 rings (SSSR count). The zero-order valence-corrected chi connectivity index (χ0v) is 10.5. The van der Waals surface area contributed by atoms with E-state index in [2.05, 4.69) is 4.98 Å². The van der Waals surface area contributed by atoms with Gasteiger partial charge < -0.3 is 10.0 Å². The van der Waals surface area contributed by atoms with Gasteiger partial charge >= 0.3 is 11.7 Å². The Balaban J connectivity index is 2.02. The zero-order valence-electron chi connectivity index (χ0n) is 9.65. The molecule has 0 aliphatic carbocycles. The number of fused-ring (bicyclic) bond motifs is 1. The van der Waals surface area contributed by atoms with E-state index in [1.807, 2.05) is 0 Å². The van der Waals surface area contributed by atoms with Crippen LogP contribution in [0.4, 0.5) is 11.4 Å². The largest absolute Gasteiger partial charge is 0.481 e. The number of rotatable bonds is 3. The minimum Gasteiger partial charge on any atom is -0.481 e. The number of carboxylic acids is 1. The Hall–Kier alpha value is -2.22. The summed E-state index contributed by atoms with van der Waals surface area (Å²) in [5.41, 5.74) is 2.34. The SMILES string of the molecule is O=C(O)C1CN(c2ccc3scnc3c2[N+](=O)[O-])C1. The van der Waals surface area contributed by atoms with Crippen molar-refractivity contribution in [3.63, 3.8) is 0 Å². The second-order valence-electron chi connectivity index (χ2n) is 4.33. The van der Waals surface area contributed by atoms with Crippen molar-refractivity contribution in [3.05, 3.63) is 27.8 Å². The minimum absolute atomic E-state index is 0.0393. The van der Waals surface area contributed by atoms with Gasteiger partial charge in [0, 0.05) is 13.1 Å². The fourth-order valence-electron chi connectivity index (χ4n) is 2.17. The molecule has 19 heavy (non-hydrogen) atoms. The van der Waals surface area contributed by atoms with E-state index < -0.39 is 16.8 Å². The second-order valence-corrected chi connectivity index (χ2v) is 5.22. The molecule has 0 spiro atoms. The average molecular weight is 279 g/mol. The van der Waals surface area contributed by atoms with Gasteiger partial charge in [-0.25, -0.2) is 4.98 Å². The molecule has 2 aromatic rings. The molecule has 0 saturated carbocycles. The molecular formula is C11H9N3O4S. The number of thiazole rings is 1. The number of carboxylic acid groups (broad SMARTS) is 1. The fourth-order valence-corrected chi connectivity index (χ4v) is 2.85. The summed E-state index contributed by atoms with van der Waals surface area (Å²) in [6, 6.07) is 3.44. The number of anilines is 1. The summed E-state index contributed by atoms with van der Waals surface area (Å²) in [6.45, 7) is 0.595. The molecule has 1 saturated heterocycles. The Morgan fingerprint density at radius 2 is 2.26 bits per heavy atom. The number of benzene rings is 1. The van der Waals surface area contributed by atoms with Crippen LogP contribution in [0.3, 0.4) is 0 Å². The highest BCUT2D eigenvalue weighted by Crippen LogP contribution is 2.39. The molecule has 0 unspecified atom stereocenters. The van der Waals surface area contributed by atoms with Crippen LogP contribution in [0.1, 0.15) is 0 Å². The molecule has 1 fully saturated rings. The highest BCUT2D eigenvalue weighted by atomic mass is 32.1. The van der Waals surface area contributed by atoms with Crippen LogP contribution in [0.2, 0.25) is 0 Å². The van der Waals surface area contributed by atoms with E-state index in [0.29, 0.717) is 24.3 Å². The minimum atomic E-state index is -0.867. The number of carbonyl (C=O) groups is 1. The molecule has 0 radical (unpaired) electrons. The average Bonchev–Trinajstić information content (AvgIpc) is 2.73. The van der Waals surface area contributed by atoms with Crippen LogP contribution in [0.25, 0.3) is 10.2 Å². The molecule has 8 heteroatoms. The molecular weight excluding hydrogens is 270 g/mol. The van der Waals surface area contributed by atoms with Crippen LogP contribution in [-0.4, -0.2) is 34.1 Å². The first kappa shape index (κ1) is 11.8. The summed E-state index contributed by atoms with van der Waals surface area (Å²) in [5, 5.41) is 20.1. The predicted octanol–water partition coefficient (Wildman–Crippen LogP) is 1.73. The van der Waals surface area contributed by atoms with Crippen LogP contribution in [0.5, 0.6) is 0 Å². The Labute approximate surface area is 111 Å². The molecule has 1 aliphatic heterocycles. The van der Waals surface area contributed by atoms with E-state index in [9.17, 15) is 14.9 Å². The van der Waals surface area contributed by atoms with Gasteiger partial charge in [-0.3, -0.25) is 14.9 Å². The molecule has 1 aromatic carbocycles. The highest BCUT2D eigenvalue weighted by molar-refractivity contribution is 7.16. The predicted molar refractivity (Wildman–Crippen MR) is 69.6 cm³/mol. The third kappa shape index (κ3) is 1.80. The van der Waals surface area contributed by atoms with Gasteiger partial charge in [-0.05, 0) is 12.1 Å². The quantitative estimate of drug-likeness (QED) is 0.678. The van der Waals surface area contributed by atoms with Crippen LogP contribution in [-0.2, 0) is 4.79 Å². The van der Waals surface area contributed by atoms with E-state index in [4.69, 9.17) is 5.11 Å². The molecule has 2 heterocycles. The van der Waals surface area contributed by atoms with E-state index in [-0.39, 0.29) is 5.69 Å². The Morgan fingerprint density at radius 3 is 2.89 bits per heavy atom. The van der Waals surface area contributed by atoms with E-state index in [1.165, 1.54) is 11.3 Å². The maximum Gasteiger partial charge on any atom is 0.319 e. The number of nitrogens with zero attached hydrogens (tertiary/aromatic N) is 3. The van der Waals surface area contributed by atoms with Gasteiger partial charge in [0.05, 0.1) is 21.1 Å². The third-order valence-electron chi connectivity index (χ3n) is 3.21. The van der Waals surface area contributed by atoms with E-state index >= 15 is 0 Å². The van der Waals surface area contributed by atoms with Gasteiger partial charge in [0.2, 0.25) is 0 Å². The van der Waals surface area contributed by atoms with Crippen molar-refractivity contribution in [1.29, 1.82) is 0 Å². The first-order chi connectivity index (χ1) is 9.08. The molecule has 1 aliphatic rings. The lowest BCUT2D eigenvalue weighted by atomic mass is 9.99. The van der Waals surface area contributed by atoms with Crippen molar-refractivity contribution >= 4 is 38.9 Å². The van der Waals surface area contributed by atoms with Gasteiger partial charge in [0.15, 0.2) is 5.52 Å². The van der Waals surface area contributed by atoms with Crippen molar-refractivity contribution in [2.45, 2.75) is 0 Å². The zero-order chi connectivity index (χ0) is 13.6. The topological polar surface area (TPSA) is 96.6 Å². The third-order valence-corrected chi connectivity index (χ3v) is 4.00. The molecule has 0 amide bonds. The summed E-state index contributed by atoms with van der Waals surface area (Å²) in [5.74, 6) is -1.32. The number of aromatic nitrogens is 1. The maximum atomic E-state index is 11.2. The first-order valence-electron chi connectivity index (χ1n) is 5.56.